The first-order valence-electron chi connectivity index (χ1n) is 10.3. The van der Waals surface area contributed by atoms with Crippen LogP contribution in [0.3, 0.4) is 0 Å². The van der Waals surface area contributed by atoms with E-state index in [0.717, 1.165) is 48.1 Å². The van der Waals surface area contributed by atoms with Crippen LogP contribution in [0.2, 0.25) is 0 Å². The van der Waals surface area contributed by atoms with Gasteiger partial charge in [-0.1, -0.05) is 31.1 Å². The van der Waals surface area contributed by atoms with E-state index in [9.17, 15) is 0 Å². The Morgan fingerprint density at radius 3 is 2.53 bits per heavy atom. The smallest absolute Gasteiger partial charge is 0.191 e. The predicted molar refractivity (Wildman–Crippen MR) is 130 cm³/mol. The Morgan fingerprint density at radius 1 is 1.13 bits per heavy atom. The number of nitrogens with one attached hydrogen (secondary N) is 2. The van der Waals surface area contributed by atoms with E-state index >= 15 is 0 Å². The van der Waals surface area contributed by atoms with Crippen molar-refractivity contribution in [3.63, 3.8) is 0 Å². The zero-order chi connectivity index (χ0) is 20.5. The molecule has 2 aromatic heterocycles. The van der Waals surface area contributed by atoms with Crippen molar-refractivity contribution in [1.82, 2.24) is 25.6 Å². The van der Waals surface area contributed by atoms with Crippen LogP contribution in [0.4, 0.5) is 0 Å². The summed E-state index contributed by atoms with van der Waals surface area (Å²) in [6.07, 6.45) is 5.84. The van der Waals surface area contributed by atoms with Gasteiger partial charge in [-0.3, -0.25) is 0 Å². The predicted octanol–water partition coefficient (Wildman–Crippen LogP) is 4.64. The molecule has 0 fully saturated rings. The highest BCUT2D eigenvalue weighted by molar-refractivity contribution is 14.0. The number of aromatic nitrogens is 3. The number of hydrogen-bond acceptors (Lipinski definition) is 4. The van der Waals surface area contributed by atoms with E-state index < -0.39 is 0 Å². The molecule has 30 heavy (non-hydrogen) atoms. The monoisotopic (exact) mass is 522 g/mol. The number of benzene rings is 1. The maximum Gasteiger partial charge on any atom is 0.191 e. The fourth-order valence-corrected chi connectivity index (χ4v) is 3.17. The Kier molecular flexibility index (Phi) is 9.85. The molecule has 0 bridgehead atoms. The second-order valence-electron chi connectivity index (χ2n) is 6.90. The van der Waals surface area contributed by atoms with Gasteiger partial charge < -0.3 is 15.2 Å². The molecule has 0 aliphatic heterocycles. The van der Waals surface area contributed by atoms with Crippen molar-refractivity contribution in [3.8, 4) is 5.69 Å². The normalized spacial score (nSPS) is 11.4. The van der Waals surface area contributed by atoms with Crippen LogP contribution in [0.5, 0.6) is 0 Å². The summed E-state index contributed by atoms with van der Waals surface area (Å²) in [5.74, 6) is 2.03. The largest absolute Gasteiger partial charge is 0.359 e. The molecule has 0 aliphatic rings. The van der Waals surface area contributed by atoms with Gasteiger partial charge in [0.25, 0.3) is 0 Å². The third-order valence-corrected chi connectivity index (χ3v) is 4.88. The lowest BCUT2D eigenvalue weighted by atomic mass is 9.99. The van der Waals surface area contributed by atoms with Crippen molar-refractivity contribution < 1.29 is 4.52 Å². The van der Waals surface area contributed by atoms with E-state index in [1.165, 1.54) is 0 Å². The number of nitrogens with zero attached hydrogens (tertiary/aromatic N) is 4. The van der Waals surface area contributed by atoms with Gasteiger partial charge in [-0.15, -0.1) is 24.0 Å². The fraction of sp³-hybridized carbons (Fsp3) is 0.409. The van der Waals surface area contributed by atoms with Gasteiger partial charge in [-0.05, 0) is 43.5 Å². The molecule has 3 rings (SSSR count). The summed E-state index contributed by atoms with van der Waals surface area (Å²) < 4.78 is 7.32. The van der Waals surface area contributed by atoms with Crippen molar-refractivity contribution in [2.24, 2.45) is 4.99 Å². The molecule has 0 aliphatic carbocycles. The summed E-state index contributed by atoms with van der Waals surface area (Å²) in [6.45, 7) is 8.34. The third kappa shape index (κ3) is 6.58. The summed E-state index contributed by atoms with van der Waals surface area (Å²) in [6, 6.07) is 12.2. The van der Waals surface area contributed by atoms with Gasteiger partial charge in [-0.25, -0.2) is 9.67 Å². The lowest BCUT2D eigenvalue weighted by Gasteiger charge is -2.10. The summed E-state index contributed by atoms with van der Waals surface area (Å²) in [5, 5.41) is 15.1. The van der Waals surface area contributed by atoms with E-state index in [0.29, 0.717) is 19.0 Å². The number of halogens is 1. The van der Waals surface area contributed by atoms with Crippen LogP contribution >= 0.6 is 24.0 Å². The molecule has 7 nitrogen and oxygen atoms in total. The summed E-state index contributed by atoms with van der Waals surface area (Å²) >= 11 is 0. The zero-order valence-corrected chi connectivity index (χ0v) is 20.2. The first-order valence-corrected chi connectivity index (χ1v) is 10.3. The van der Waals surface area contributed by atoms with E-state index in [1.54, 1.807) is 6.20 Å². The molecule has 3 aromatic rings. The SMILES string of the molecule is CCNC(=NCc1ccc(-n2cccn2)cc1)NCc1cc(C(CC)CC)no1.I. The molecule has 0 radical (unpaired) electrons. The van der Waals surface area contributed by atoms with Crippen LogP contribution in [-0.2, 0) is 13.1 Å². The molecule has 0 saturated heterocycles. The molecule has 0 spiro atoms. The van der Waals surface area contributed by atoms with E-state index in [4.69, 9.17) is 4.52 Å². The second kappa shape index (κ2) is 12.4. The average Bonchev–Trinajstić information content (AvgIpc) is 3.44. The van der Waals surface area contributed by atoms with E-state index in [-0.39, 0.29) is 24.0 Å². The van der Waals surface area contributed by atoms with Gasteiger partial charge in [0.05, 0.1) is 24.5 Å². The van der Waals surface area contributed by atoms with Crippen LogP contribution in [0.1, 0.15) is 56.5 Å². The number of hydrogen-bond donors (Lipinski definition) is 2. The summed E-state index contributed by atoms with van der Waals surface area (Å²) in [7, 11) is 0. The number of rotatable bonds is 9. The molecular formula is C22H31IN6O. The highest BCUT2D eigenvalue weighted by Gasteiger charge is 2.13. The zero-order valence-electron chi connectivity index (χ0n) is 17.8. The fourth-order valence-electron chi connectivity index (χ4n) is 3.17. The average molecular weight is 522 g/mol. The Labute approximate surface area is 195 Å². The van der Waals surface area contributed by atoms with Crippen LogP contribution in [0.25, 0.3) is 5.69 Å². The lowest BCUT2D eigenvalue weighted by molar-refractivity contribution is 0.368. The molecule has 0 unspecified atom stereocenters. The van der Waals surface area contributed by atoms with Gasteiger partial charge in [0.1, 0.15) is 0 Å². The molecule has 2 N–H and O–H groups in total. The summed E-state index contributed by atoms with van der Waals surface area (Å²) in [4.78, 5) is 4.68. The molecule has 0 atom stereocenters. The quantitative estimate of drug-likeness (QED) is 0.243. The van der Waals surface area contributed by atoms with Gasteiger partial charge in [0.15, 0.2) is 11.7 Å². The number of guanidine groups is 1. The standard InChI is InChI=1S/C22H30N6O.HI/c1-4-18(5-2)21-14-20(29-27-21)16-25-22(23-6-3)24-15-17-8-10-19(11-9-17)28-13-7-12-26-28;/h7-14,18H,4-6,15-16H2,1-3H3,(H2,23,24,25);1H. The summed E-state index contributed by atoms with van der Waals surface area (Å²) in [5.41, 5.74) is 3.20. The van der Waals surface area contributed by atoms with Crippen LogP contribution in [0.15, 0.2) is 58.3 Å². The van der Waals surface area contributed by atoms with Crippen molar-refractivity contribution in [2.45, 2.75) is 52.6 Å². The minimum atomic E-state index is 0. The molecule has 0 amide bonds. The van der Waals surface area contributed by atoms with Gasteiger partial charge >= 0.3 is 0 Å². The highest BCUT2D eigenvalue weighted by Crippen LogP contribution is 2.22. The van der Waals surface area contributed by atoms with Crippen molar-refractivity contribution in [3.05, 3.63) is 65.8 Å². The third-order valence-electron chi connectivity index (χ3n) is 4.88. The Bertz CT molecular complexity index is 885. The van der Waals surface area contributed by atoms with Crippen molar-refractivity contribution in [1.29, 1.82) is 0 Å². The molecule has 162 valence electrons. The lowest BCUT2D eigenvalue weighted by Crippen LogP contribution is -2.36. The van der Waals surface area contributed by atoms with E-state index in [2.05, 4.69) is 58.8 Å². The Hall–Kier alpha value is -2.36. The van der Waals surface area contributed by atoms with Crippen LogP contribution < -0.4 is 10.6 Å². The first kappa shape index (κ1) is 23.9. The van der Waals surface area contributed by atoms with Gasteiger partial charge in [-0.2, -0.15) is 5.10 Å². The molecule has 8 heteroatoms. The minimum Gasteiger partial charge on any atom is -0.359 e. The second-order valence-corrected chi connectivity index (χ2v) is 6.90. The first-order chi connectivity index (χ1) is 14.2. The van der Waals surface area contributed by atoms with Crippen LogP contribution in [0, 0.1) is 0 Å². The Balaban J connectivity index is 0.00000320. The van der Waals surface area contributed by atoms with E-state index in [1.807, 2.05) is 35.1 Å². The maximum absolute atomic E-state index is 5.49. The molecule has 1 aromatic carbocycles. The highest BCUT2D eigenvalue weighted by atomic mass is 127. The number of aliphatic imine (C=N–C) groups is 1. The van der Waals surface area contributed by atoms with Crippen molar-refractivity contribution >= 4 is 29.9 Å². The maximum atomic E-state index is 5.49. The van der Waals surface area contributed by atoms with Gasteiger partial charge in [0.2, 0.25) is 0 Å². The molecule has 0 saturated carbocycles. The van der Waals surface area contributed by atoms with Crippen molar-refractivity contribution in [2.75, 3.05) is 6.54 Å². The minimum absolute atomic E-state index is 0. The van der Waals surface area contributed by atoms with Gasteiger partial charge in [0, 0.05) is 30.9 Å². The Morgan fingerprint density at radius 2 is 1.90 bits per heavy atom. The molecular weight excluding hydrogens is 491 g/mol. The molecule has 2 heterocycles. The topological polar surface area (TPSA) is 80.3 Å². The van der Waals surface area contributed by atoms with Crippen LogP contribution in [-0.4, -0.2) is 27.4 Å².